The van der Waals surface area contributed by atoms with Gasteiger partial charge in [-0.15, -0.1) is 0 Å². The first kappa shape index (κ1) is 11.0. The molecule has 1 aliphatic rings. The number of nitrogen functional groups attached to an aromatic ring is 1. The topological polar surface area (TPSA) is 73.3 Å². The molecule has 1 fully saturated rings. The van der Waals surface area contributed by atoms with Crippen molar-refractivity contribution in [2.24, 2.45) is 0 Å². The molecule has 0 amide bonds. The lowest BCUT2D eigenvalue weighted by Gasteiger charge is -2.31. The van der Waals surface area contributed by atoms with Gasteiger partial charge in [0.25, 0.3) is 0 Å². The first-order valence-electron chi connectivity index (χ1n) is 5.54. The van der Waals surface area contributed by atoms with Crippen molar-refractivity contribution in [3.8, 4) is 0 Å². The lowest BCUT2D eigenvalue weighted by molar-refractivity contribution is 0.109. The molecule has 86 valence electrons. The number of piperidine rings is 1. The number of aliphatic hydroxyl groups excluding tert-OH is 1. The quantitative estimate of drug-likeness (QED) is 0.375. The maximum Gasteiger partial charge on any atom is 0.128 e. The Labute approximate surface area is 95.2 Å². The normalized spacial score (nSPS) is 17.4. The Balaban J connectivity index is 2.08. The minimum atomic E-state index is -0.204. The number of nitrogens with two attached hydrogens (primary N) is 1. The number of aliphatic hydroxyl groups is 1. The monoisotopic (exact) mass is 219 g/mol. The Morgan fingerprint density at radius 1 is 1.38 bits per heavy atom. The van der Waals surface area contributed by atoms with Crippen LogP contribution in [0.5, 0.6) is 0 Å². The van der Waals surface area contributed by atoms with Gasteiger partial charge in [-0.25, -0.2) is 0 Å². The highest BCUT2D eigenvalue weighted by Gasteiger charge is 2.19. The van der Waals surface area contributed by atoms with E-state index in [4.69, 9.17) is 11.1 Å². The van der Waals surface area contributed by atoms with Crippen LogP contribution in [0.25, 0.3) is 0 Å². The van der Waals surface area contributed by atoms with E-state index in [0.29, 0.717) is 11.5 Å². The molecule has 1 aromatic rings. The molecule has 4 N–H and O–H groups in total. The number of hydrogen-bond acceptors (Lipinski definition) is 3. The molecule has 4 heteroatoms. The van der Waals surface area contributed by atoms with Gasteiger partial charge >= 0.3 is 0 Å². The summed E-state index contributed by atoms with van der Waals surface area (Å²) in [5.41, 5.74) is 7.22. The number of amidine groups is 1. The van der Waals surface area contributed by atoms with Crippen LogP contribution >= 0.6 is 0 Å². The summed E-state index contributed by atoms with van der Waals surface area (Å²) >= 11 is 0. The number of likely N-dealkylation sites (tertiary alicyclic amines) is 1. The molecule has 1 saturated heterocycles. The molecule has 1 aromatic carbocycles. The number of nitrogens with one attached hydrogen (secondary N) is 1. The highest BCUT2D eigenvalue weighted by molar-refractivity contribution is 5.97. The van der Waals surface area contributed by atoms with E-state index < -0.39 is 0 Å². The molecular formula is C12H17N3O. The second-order valence-corrected chi connectivity index (χ2v) is 4.19. The first-order chi connectivity index (χ1) is 7.66. The standard InChI is InChI=1S/C12H17N3O/c13-10-3-1-2-9(8-10)12(14)15-6-4-11(16)5-7-15/h1-3,8,11,14,16H,4-7,13H2. The van der Waals surface area contributed by atoms with Gasteiger partial charge in [-0.05, 0) is 25.0 Å². The Morgan fingerprint density at radius 2 is 2.06 bits per heavy atom. The van der Waals surface area contributed by atoms with Gasteiger partial charge in [0, 0.05) is 24.3 Å². The summed E-state index contributed by atoms with van der Waals surface area (Å²) in [5, 5.41) is 17.5. The largest absolute Gasteiger partial charge is 0.399 e. The Hall–Kier alpha value is -1.55. The molecule has 0 saturated carbocycles. The molecular weight excluding hydrogens is 202 g/mol. The second kappa shape index (κ2) is 4.53. The van der Waals surface area contributed by atoms with Crippen LogP contribution in [-0.4, -0.2) is 35.0 Å². The third-order valence-corrected chi connectivity index (χ3v) is 2.94. The summed E-state index contributed by atoms with van der Waals surface area (Å²) in [6.45, 7) is 1.49. The van der Waals surface area contributed by atoms with Crippen LogP contribution < -0.4 is 5.73 Å². The SMILES string of the molecule is N=C(c1cccc(N)c1)N1CCC(O)CC1. The highest BCUT2D eigenvalue weighted by atomic mass is 16.3. The van der Waals surface area contributed by atoms with Crippen molar-refractivity contribution in [3.05, 3.63) is 29.8 Å². The predicted octanol–water partition coefficient (Wildman–Crippen LogP) is 1.05. The van der Waals surface area contributed by atoms with E-state index in [0.717, 1.165) is 31.5 Å². The molecule has 2 rings (SSSR count). The van der Waals surface area contributed by atoms with Crippen LogP contribution in [-0.2, 0) is 0 Å². The summed E-state index contributed by atoms with van der Waals surface area (Å²) in [4.78, 5) is 1.99. The van der Waals surface area contributed by atoms with Crippen LogP contribution in [0.15, 0.2) is 24.3 Å². The zero-order valence-electron chi connectivity index (χ0n) is 9.19. The highest BCUT2D eigenvalue weighted by Crippen LogP contribution is 2.15. The molecule has 0 unspecified atom stereocenters. The fourth-order valence-electron chi connectivity index (χ4n) is 1.96. The Bertz CT molecular complexity index is 384. The van der Waals surface area contributed by atoms with Crippen molar-refractivity contribution in [2.75, 3.05) is 18.8 Å². The van der Waals surface area contributed by atoms with Crippen molar-refractivity contribution < 1.29 is 5.11 Å². The lowest BCUT2D eigenvalue weighted by Crippen LogP contribution is -2.40. The molecule has 0 radical (unpaired) electrons. The van der Waals surface area contributed by atoms with Gasteiger partial charge < -0.3 is 15.7 Å². The van der Waals surface area contributed by atoms with Crippen molar-refractivity contribution in [1.82, 2.24) is 4.90 Å². The van der Waals surface area contributed by atoms with Gasteiger partial charge in [-0.2, -0.15) is 0 Å². The number of rotatable bonds is 1. The molecule has 16 heavy (non-hydrogen) atoms. The van der Waals surface area contributed by atoms with Gasteiger partial charge in [-0.1, -0.05) is 12.1 Å². The average molecular weight is 219 g/mol. The molecule has 0 spiro atoms. The van der Waals surface area contributed by atoms with Crippen molar-refractivity contribution in [3.63, 3.8) is 0 Å². The molecule has 1 aliphatic heterocycles. The van der Waals surface area contributed by atoms with E-state index in [-0.39, 0.29) is 6.10 Å². The smallest absolute Gasteiger partial charge is 0.128 e. The summed E-state index contributed by atoms with van der Waals surface area (Å²) in [6, 6.07) is 7.38. The average Bonchev–Trinajstić information content (AvgIpc) is 2.29. The van der Waals surface area contributed by atoms with E-state index in [9.17, 15) is 5.11 Å². The zero-order valence-corrected chi connectivity index (χ0v) is 9.19. The number of hydrogen-bond donors (Lipinski definition) is 3. The summed E-state index contributed by atoms with van der Waals surface area (Å²) in [5.74, 6) is 0.499. The van der Waals surface area contributed by atoms with Gasteiger partial charge in [0.05, 0.1) is 6.10 Å². The first-order valence-corrected chi connectivity index (χ1v) is 5.54. The molecule has 0 atom stereocenters. The van der Waals surface area contributed by atoms with E-state index in [1.54, 1.807) is 0 Å². The maximum absolute atomic E-state index is 9.41. The Morgan fingerprint density at radius 3 is 2.69 bits per heavy atom. The fraction of sp³-hybridized carbons (Fsp3) is 0.417. The van der Waals surface area contributed by atoms with E-state index in [1.165, 1.54) is 0 Å². The number of nitrogens with zero attached hydrogens (tertiary/aromatic N) is 1. The zero-order chi connectivity index (χ0) is 11.5. The van der Waals surface area contributed by atoms with Crippen LogP contribution in [0.4, 0.5) is 5.69 Å². The van der Waals surface area contributed by atoms with E-state index >= 15 is 0 Å². The maximum atomic E-state index is 9.41. The van der Waals surface area contributed by atoms with Crippen molar-refractivity contribution in [2.45, 2.75) is 18.9 Å². The Kier molecular flexibility index (Phi) is 3.10. The van der Waals surface area contributed by atoms with Crippen LogP contribution in [0.3, 0.4) is 0 Å². The second-order valence-electron chi connectivity index (χ2n) is 4.19. The van der Waals surface area contributed by atoms with Crippen LogP contribution in [0.1, 0.15) is 18.4 Å². The van der Waals surface area contributed by atoms with Gasteiger partial charge in [0.2, 0.25) is 0 Å². The van der Waals surface area contributed by atoms with E-state index in [1.807, 2.05) is 29.2 Å². The third-order valence-electron chi connectivity index (χ3n) is 2.94. The summed E-state index contributed by atoms with van der Waals surface area (Å²) in [7, 11) is 0. The van der Waals surface area contributed by atoms with Crippen molar-refractivity contribution >= 4 is 11.5 Å². The molecule has 1 heterocycles. The molecule has 4 nitrogen and oxygen atoms in total. The summed E-state index contributed by atoms with van der Waals surface area (Å²) < 4.78 is 0. The molecule has 0 aliphatic carbocycles. The van der Waals surface area contributed by atoms with E-state index in [2.05, 4.69) is 0 Å². The summed E-state index contributed by atoms with van der Waals surface area (Å²) in [6.07, 6.45) is 1.28. The van der Waals surface area contributed by atoms with Crippen molar-refractivity contribution in [1.29, 1.82) is 5.41 Å². The fourth-order valence-corrected chi connectivity index (χ4v) is 1.96. The van der Waals surface area contributed by atoms with Crippen LogP contribution in [0, 0.1) is 5.41 Å². The predicted molar refractivity (Wildman–Crippen MR) is 64.5 cm³/mol. The molecule has 0 aromatic heterocycles. The minimum absolute atomic E-state index is 0.204. The lowest BCUT2D eigenvalue weighted by atomic mass is 10.1. The van der Waals surface area contributed by atoms with Gasteiger partial charge in [0.1, 0.15) is 5.84 Å². The number of benzene rings is 1. The number of anilines is 1. The molecule has 0 bridgehead atoms. The minimum Gasteiger partial charge on any atom is -0.399 e. The van der Waals surface area contributed by atoms with Gasteiger partial charge in [0.15, 0.2) is 0 Å². The third kappa shape index (κ3) is 2.33. The van der Waals surface area contributed by atoms with Crippen LogP contribution in [0.2, 0.25) is 0 Å². The van der Waals surface area contributed by atoms with Gasteiger partial charge in [-0.3, -0.25) is 5.41 Å².